The Labute approximate surface area is 69.6 Å². The molecule has 1 aromatic rings. The molecule has 1 N–H and O–H groups in total. The maximum Gasteiger partial charge on any atom is 0.238 e. The van der Waals surface area contributed by atoms with Gasteiger partial charge < -0.3 is 4.98 Å². The molecule has 0 fully saturated rings. The first-order valence-corrected chi connectivity index (χ1v) is 4.25. The smallest absolute Gasteiger partial charge is 0.238 e. The Bertz CT molecular complexity index is 467. The quantitative estimate of drug-likeness (QED) is 0.480. The molecule has 0 aliphatic rings. The van der Waals surface area contributed by atoms with Crippen LogP contribution < -0.4 is 0 Å². The summed E-state index contributed by atoms with van der Waals surface area (Å²) in [5.74, 6) is -0.525. The van der Waals surface area contributed by atoms with Crippen molar-refractivity contribution in [3.8, 4) is 0 Å². The fourth-order valence-corrected chi connectivity index (χ4v) is 1.34. The lowest BCUT2D eigenvalue weighted by molar-refractivity contribution is 0.561. The van der Waals surface area contributed by atoms with E-state index in [1.807, 2.05) is 0 Å². The minimum absolute atomic E-state index is 0.00827. The van der Waals surface area contributed by atoms with Crippen molar-refractivity contribution in [1.29, 1.82) is 0 Å². The minimum Gasteiger partial charge on any atom is -0.331 e. The molecule has 0 aliphatic carbocycles. The van der Waals surface area contributed by atoms with Crippen LogP contribution >= 0.6 is 0 Å². The van der Waals surface area contributed by atoms with Crippen LogP contribution in [-0.2, 0) is 10.3 Å². The van der Waals surface area contributed by atoms with Crippen LogP contribution in [0.25, 0.3) is 0 Å². The molecule has 0 aromatic carbocycles. The normalized spacial score (nSPS) is 9.92. The SMILES string of the molecule is Cc1nc(F)c(C)c(=S(=O)=O)[nH]1. The fourth-order valence-electron chi connectivity index (χ4n) is 0.777. The molecular weight excluding hydrogens is 183 g/mol. The third-order valence-corrected chi connectivity index (χ3v) is 2.12. The highest BCUT2D eigenvalue weighted by molar-refractivity contribution is 7.63. The summed E-state index contributed by atoms with van der Waals surface area (Å²) in [6.45, 7) is 2.84. The Morgan fingerprint density at radius 1 is 1.42 bits per heavy atom. The number of hydrogen-bond acceptors (Lipinski definition) is 3. The van der Waals surface area contributed by atoms with E-state index in [2.05, 4.69) is 9.97 Å². The molecule has 4 nitrogen and oxygen atoms in total. The highest BCUT2D eigenvalue weighted by atomic mass is 32.2. The summed E-state index contributed by atoms with van der Waals surface area (Å²) in [5, 5.41) is 0. The van der Waals surface area contributed by atoms with E-state index >= 15 is 0 Å². The van der Waals surface area contributed by atoms with E-state index in [9.17, 15) is 12.8 Å². The maximum atomic E-state index is 12.8. The second-order valence-corrected chi connectivity index (χ2v) is 3.18. The zero-order valence-corrected chi connectivity index (χ0v) is 7.37. The van der Waals surface area contributed by atoms with Gasteiger partial charge in [-0.25, -0.2) is 4.98 Å². The number of hydrogen-bond donors (Lipinski definition) is 1. The van der Waals surface area contributed by atoms with Crippen molar-refractivity contribution >= 4 is 10.3 Å². The van der Waals surface area contributed by atoms with E-state index in [0.717, 1.165) is 0 Å². The van der Waals surface area contributed by atoms with Gasteiger partial charge in [-0.15, -0.1) is 0 Å². The van der Waals surface area contributed by atoms with E-state index in [4.69, 9.17) is 0 Å². The zero-order chi connectivity index (χ0) is 9.30. The predicted octanol–water partition coefficient (Wildman–Crippen LogP) is 0.577. The molecule has 0 atom stereocenters. The summed E-state index contributed by atoms with van der Waals surface area (Å²) in [7, 11) is -2.45. The molecule has 0 saturated carbocycles. The average Bonchev–Trinajstić information content (AvgIpc) is 1.96. The zero-order valence-electron chi connectivity index (χ0n) is 6.55. The van der Waals surface area contributed by atoms with Crippen molar-refractivity contribution in [3.63, 3.8) is 0 Å². The Balaban J connectivity index is 3.86. The second kappa shape index (κ2) is 3.06. The van der Waals surface area contributed by atoms with Gasteiger partial charge in [0.1, 0.15) is 5.82 Å². The summed E-state index contributed by atoms with van der Waals surface area (Å²) < 4.78 is 33.6. The molecule has 12 heavy (non-hydrogen) atoms. The van der Waals surface area contributed by atoms with Crippen LogP contribution in [0.2, 0.25) is 0 Å². The van der Waals surface area contributed by atoms with Crippen molar-refractivity contribution in [2.75, 3.05) is 0 Å². The van der Waals surface area contributed by atoms with Gasteiger partial charge in [-0.1, -0.05) is 0 Å². The highest BCUT2D eigenvalue weighted by Crippen LogP contribution is 2.01. The van der Waals surface area contributed by atoms with Gasteiger partial charge in [0.05, 0.1) is 0 Å². The lowest BCUT2D eigenvalue weighted by atomic mass is 10.4. The number of nitrogens with one attached hydrogen (secondary N) is 1. The van der Waals surface area contributed by atoms with Gasteiger partial charge in [0.2, 0.25) is 16.2 Å². The monoisotopic (exact) mass is 190 g/mol. The summed E-state index contributed by atoms with van der Waals surface area (Å²) in [4.78, 5) is 5.87. The molecule has 0 unspecified atom stereocenters. The first-order valence-electron chi connectivity index (χ1n) is 3.17. The van der Waals surface area contributed by atoms with Crippen molar-refractivity contribution in [1.82, 2.24) is 9.97 Å². The van der Waals surface area contributed by atoms with Crippen LogP contribution in [0.4, 0.5) is 4.39 Å². The number of rotatable bonds is 0. The van der Waals surface area contributed by atoms with Crippen molar-refractivity contribution in [3.05, 3.63) is 22.0 Å². The summed E-state index contributed by atoms with van der Waals surface area (Å²) in [6, 6.07) is 0. The van der Waals surface area contributed by atoms with Crippen LogP contribution in [0, 0.1) is 24.4 Å². The number of H-pyrrole nitrogens is 1. The molecule has 1 heterocycles. The standard InChI is InChI=1S/C6H7FN2O2S/c1-3-5(7)8-4(2)9-6(3)12(10)11/h1-2H3,(H,8,9). The van der Waals surface area contributed by atoms with Gasteiger partial charge in [0.25, 0.3) is 0 Å². The van der Waals surface area contributed by atoms with E-state index < -0.39 is 16.2 Å². The largest absolute Gasteiger partial charge is 0.331 e. The molecule has 0 radical (unpaired) electrons. The number of halogens is 1. The summed E-state index contributed by atoms with van der Waals surface area (Å²) in [5.41, 5.74) is 0.00827. The van der Waals surface area contributed by atoms with Crippen molar-refractivity contribution < 1.29 is 12.8 Å². The molecule has 0 bridgehead atoms. The van der Waals surface area contributed by atoms with Gasteiger partial charge in [0.15, 0.2) is 4.64 Å². The third kappa shape index (κ3) is 1.53. The van der Waals surface area contributed by atoms with E-state index in [1.165, 1.54) is 13.8 Å². The average molecular weight is 190 g/mol. The van der Waals surface area contributed by atoms with Gasteiger partial charge in [0, 0.05) is 5.56 Å². The predicted molar refractivity (Wildman–Crippen MR) is 40.2 cm³/mol. The molecular formula is C6H7FN2O2S. The number of nitrogens with zero attached hydrogens (tertiary/aromatic N) is 1. The molecule has 0 aliphatic heterocycles. The Morgan fingerprint density at radius 2 is 2.00 bits per heavy atom. The first kappa shape index (κ1) is 8.92. The van der Waals surface area contributed by atoms with Crippen LogP contribution in [0.5, 0.6) is 0 Å². The molecule has 1 rings (SSSR count). The highest BCUT2D eigenvalue weighted by Gasteiger charge is 2.02. The molecule has 0 spiro atoms. The van der Waals surface area contributed by atoms with Crippen LogP contribution in [-0.4, -0.2) is 18.4 Å². The van der Waals surface area contributed by atoms with Crippen LogP contribution in [0.1, 0.15) is 11.4 Å². The van der Waals surface area contributed by atoms with Gasteiger partial charge >= 0.3 is 0 Å². The molecule has 66 valence electrons. The Morgan fingerprint density at radius 3 is 2.50 bits per heavy atom. The molecule has 0 amide bonds. The Hall–Kier alpha value is -1.17. The minimum atomic E-state index is -2.45. The van der Waals surface area contributed by atoms with Gasteiger partial charge in [-0.05, 0) is 13.8 Å². The number of aromatic amines is 1. The van der Waals surface area contributed by atoms with Crippen molar-refractivity contribution in [2.24, 2.45) is 0 Å². The molecule has 0 saturated heterocycles. The van der Waals surface area contributed by atoms with E-state index in [0.29, 0.717) is 0 Å². The summed E-state index contributed by atoms with van der Waals surface area (Å²) >= 11 is 0. The maximum absolute atomic E-state index is 12.8. The second-order valence-electron chi connectivity index (χ2n) is 2.30. The lowest BCUT2D eigenvalue weighted by Gasteiger charge is -1.95. The third-order valence-electron chi connectivity index (χ3n) is 1.38. The van der Waals surface area contributed by atoms with Crippen LogP contribution in [0.15, 0.2) is 0 Å². The van der Waals surface area contributed by atoms with E-state index in [1.54, 1.807) is 0 Å². The Kier molecular flexibility index (Phi) is 2.27. The van der Waals surface area contributed by atoms with E-state index in [-0.39, 0.29) is 16.0 Å². The number of aryl methyl sites for hydroxylation is 1. The molecule has 6 heteroatoms. The van der Waals surface area contributed by atoms with Crippen LogP contribution in [0.3, 0.4) is 0 Å². The fraction of sp³-hybridized carbons (Fsp3) is 0.333. The van der Waals surface area contributed by atoms with Crippen molar-refractivity contribution in [2.45, 2.75) is 13.8 Å². The number of aromatic nitrogens is 2. The lowest BCUT2D eigenvalue weighted by Crippen LogP contribution is -1.97. The molecule has 1 aromatic heterocycles. The summed E-state index contributed by atoms with van der Waals surface area (Å²) in [6.07, 6.45) is 0. The first-order chi connectivity index (χ1) is 5.52. The van der Waals surface area contributed by atoms with Gasteiger partial charge in [-0.3, -0.25) is 0 Å². The van der Waals surface area contributed by atoms with Gasteiger partial charge in [-0.2, -0.15) is 12.8 Å². The topological polar surface area (TPSA) is 62.8 Å².